The van der Waals surface area contributed by atoms with Gasteiger partial charge in [-0.25, -0.2) is 0 Å². The molecule has 0 bridgehead atoms. The van der Waals surface area contributed by atoms with Gasteiger partial charge in [0.15, 0.2) is 0 Å². The van der Waals surface area contributed by atoms with Crippen molar-refractivity contribution in [1.82, 2.24) is 0 Å². The Kier molecular flexibility index (Phi) is 4.08. The third-order valence-electron chi connectivity index (χ3n) is 1.42. The van der Waals surface area contributed by atoms with Crippen LogP contribution in [0.5, 0.6) is 0 Å². The minimum atomic E-state index is 0.0631. The second kappa shape index (κ2) is 5.14. The van der Waals surface area contributed by atoms with Crippen LogP contribution < -0.4 is 0 Å². The fourth-order valence-corrected chi connectivity index (χ4v) is 0.961. The van der Waals surface area contributed by atoms with Gasteiger partial charge < -0.3 is 9.84 Å². The van der Waals surface area contributed by atoms with E-state index in [9.17, 15) is 0 Å². The molecule has 0 aliphatic heterocycles. The van der Waals surface area contributed by atoms with E-state index >= 15 is 0 Å². The number of aliphatic hydroxyl groups is 1. The van der Waals surface area contributed by atoms with Gasteiger partial charge in [-0.05, 0) is 17.7 Å². The highest BCUT2D eigenvalue weighted by molar-refractivity contribution is 6.30. The largest absolute Gasteiger partial charge is 0.394 e. The maximum Gasteiger partial charge on any atom is 0.0718 e. The van der Waals surface area contributed by atoms with E-state index in [4.69, 9.17) is 21.4 Å². The molecule has 2 nitrogen and oxygen atoms in total. The highest BCUT2D eigenvalue weighted by Crippen LogP contribution is 2.09. The number of hydrogen-bond donors (Lipinski definition) is 1. The molecule has 0 aromatic heterocycles. The van der Waals surface area contributed by atoms with Gasteiger partial charge in [0.25, 0.3) is 0 Å². The Morgan fingerprint density at radius 1 is 1.25 bits per heavy atom. The van der Waals surface area contributed by atoms with Crippen molar-refractivity contribution in [2.45, 2.75) is 6.61 Å². The Bertz CT molecular complexity index is 220. The molecule has 1 rings (SSSR count). The van der Waals surface area contributed by atoms with Crippen LogP contribution in [0.2, 0.25) is 5.02 Å². The molecule has 1 aromatic rings. The molecule has 0 saturated carbocycles. The zero-order chi connectivity index (χ0) is 8.81. The van der Waals surface area contributed by atoms with E-state index in [0.29, 0.717) is 13.2 Å². The molecule has 0 spiro atoms. The third kappa shape index (κ3) is 3.22. The first-order valence-corrected chi connectivity index (χ1v) is 4.14. The molecule has 0 saturated heterocycles. The number of aliphatic hydroxyl groups excluding tert-OH is 1. The van der Waals surface area contributed by atoms with Gasteiger partial charge in [-0.3, -0.25) is 0 Å². The van der Waals surface area contributed by atoms with Crippen molar-refractivity contribution in [3.05, 3.63) is 34.9 Å². The third-order valence-corrected chi connectivity index (χ3v) is 1.67. The van der Waals surface area contributed by atoms with Crippen LogP contribution in [0.25, 0.3) is 0 Å². The monoisotopic (exact) mass is 186 g/mol. The zero-order valence-corrected chi connectivity index (χ0v) is 7.42. The van der Waals surface area contributed by atoms with Gasteiger partial charge >= 0.3 is 0 Å². The molecular formula is C9H11ClO2. The van der Waals surface area contributed by atoms with Crippen LogP contribution in [0.4, 0.5) is 0 Å². The van der Waals surface area contributed by atoms with E-state index < -0.39 is 0 Å². The van der Waals surface area contributed by atoms with Crippen molar-refractivity contribution in [2.24, 2.45) is 0 Å². The Morgan fingerprint density at radius 2 is 1.92 bits per heavy atom. The first-order chi connectivity index (χ1) is 5.83. The van der Waals surface area contributed by atoms with E-state index in [1.54, 1.807) is 0 Å². The second-order valence-corrected chi connectivity index (χ2v) is 2.84. The number of benzene rings is 1. The van der Waals surface area contributed by atoms with E-state index in [-0.39, 0.29) is 6.61 Å². The van der Waals surface area contributed by atoms with E-state index in [0.717, 1.165) is 10.6 Å². The topological polar surface area (TPSA) is 29.5 Å². The Morgan fingerprint density at radius 3 is 2.50 bits per heavy atom. The predicted octanol–water partition coefficient (Wildman–Crippen LogP) is 1.85. The minimum absolute atomic E-state index is 0.0631. The van der Waals surface area contributed by atoms with Crippen molar-refractivity contribution < 1.29 is 9.84 Å². The lowest BCUT2D eigenvalue weighted by Crippen LogP contribution is -1.98. The summed E-state index contributed by atoms with van der Waals surface area (Å²) in [5.74, 6) is 0. The van der Waals surface area contributed by atoms with E-state index in [2.05, 4.69) is 0 Å². The van der Waals surface area contributed by atoms with Gasteiger partial charge in [0, 0.05) is 5.02 Å². The summed E-state index contributed by atoms with van der Waals surface area (Å²) >= 11 is 5.69. The fraction of sp³-hybridized carbons (Fsp3) is 0.333. The van der Waals surface area contributed by atoms with Gasteiger partial charge in [-0.15, -0.1) is 0 Å². The maximum atomic E-state index is 8.44. The first-order valence-electron chi connectivity index (χ1n) is 3.76. The number of ether oxygens (including phenoxy) is 1. The molecule has 0 atom stereocenters. The summed E-state index contributed by atoms with van der Waals surface area (Å²) in [5, 5.41) is 9.17. The van der Waals surface area contributed by atoms with Crippen molar-refractivity contribution in [3.63, 3.8) is 0 Å². The second-order valence-electron chi connectivity index (χ2n) is 2.40. The summed E-state index contributed by atoms with van der Waals surface area (Å²) in [6.45, 7) is 0.966. The minimum Gasteiger partial charge on any atom is -0.394 e. The summed E-state index contributed by atoms with van der Waals surface area (Å²) < 4.78 is 5.12. The molecule has 0 fully saturated rings. The van der Waals surface area contributed by atoms with Crippen LogP contribution in [0.3, 0.4) is 0 Å². The SMILES string of the molecule is OCCOCc1ccc(Cl)cc1. The van der Waals surface area contributed by atoms with Crippen molar-refractivity contribution in [3.8, 4) is 0 Å². The smallest absolute Gasteiger partial charge is 0.0718 e. The zero-order valence-electron chi connectivity index (χ0n) is 6.66. The van der Waals surface area contributed by atoms with Crippen LogP contribution in [0.1, 0.15) is 5.56 Å². The van der Waals surface area contributed by atoms with Gasteiger partial charge in [0.1, 0.15) is 0 Å². The Balaban J connectivity index is 2.37. The molecule has 12 heavy (non-hydrogen) atoms. The molecule has 1 N–H and O–H groups in total. The van der Waals surface area contributed by atoms with Crippen molar-refractivity contribution in [1.29, 1.82) is 0 Å². The number of halogens is 1. The van der Waals surface area contributed by atoms with Gasteiger partial charge in [0.05, 0.1) is 19.8 Å². The maximum absolute atomic E-state index is 8.44. The average Bonchev–Trinajstić information content (AvgIpc) is 2.09. The summed E-state index contributed by atoms with van der Waals surface area (Å²) in [6.07, 6.45) is 0. The number of hydrogen-bond acceptors (Lipinski definition) is 2. The van der Waals surface area contributed by atoms with Gasteiger partial charge in [-0.1, -0.05) is 23.7 Å². The van der Waals surface area contributed by atoms with Crippen LogP contribution in [0.15, 0.2) is 24.3 Å². The van der Waals surface area contributed by atoms with E-state index in [1.165, 1.54) is 0 Å². The van der Waals surface area contributed by atoms with Crippen LogP contribution in [0, 0.1) is 0 Å². The average molecular weight is 187 g/mol. The molecule has 0 aliphatic rings. The molecular weight excluding hydrogens is 176 g/mol. The molecule has 0 unspecified atom stereocenters. The Labute approximate surface area is 76.7 Å². The molecule has 66 valence electrons. The quantitative estimate of drug-likeness (QED) is 0.728. The standard InChI is InChI=1S/C9H11ClO2/c10-9-3-1-8(2-4-9)7-12-6-5-11/h1-4,11H,5-7H2. The molecule has 1 aromatic carbocycles. The lowest BCUT2D eigenvalue weighted by Gasteiger charge is -2.01. The highest BCUT2D eigenvalue weighted by atomic mass is 35.5. The van der Waals surface area contributed by atoms with E-state index in [1.807, 2.05) is 24.3 Å². The summed E-state index contributed by atoms with van der Waals surface area (Å²) in [6, 6.07) is 7.44. The van der Waals surface area contributed by atoms with Gasteiger partial charge in [0.2, 0.25) is 0 Å². The normalized spacial score (nSPS) is 10.2. The van der Waals surface area contributed by atoms with Crippen molar-refractivity contribution in [2.75, 3.05) is 13.2 Å². The lowest BCUT2D eigenvalue weighted by atomic mass is 10.2. The fourth-order valence-electron chi connectivity index (χ4n) is 0.835. The molecule has 3 heteroatoms. The van der Waals surface area contributed by atoms with Crippen LogP contribution in [-0.4, -0.2) is 18.3 Å². The first kappa shape index (κ1) is 9.52. The lowest BCUT2D eigenvalue weighted by molar-refractivity contribution is 0.0815. The molecule has 0 amide bonds. The summed E-state index contributed by atoms with van der Waals surface area (Å²) in [7, 11) is 0. The summed E-state index contributed by atoms with van der Waals surface area (Å²) in [5.41, 5.74) is 1.06. The molecule has 0 radical (unpaired) electrons. The van der Waals surface area contributed by atoms with Gasteiger partial charge in [-0.2, -0.15) is 0 Å². The van der Waals surface area contributed by atoms with Crippen molar-refractivity contribution >= 4 is 11.6 Å². The predicted molar refractivity (Wildman–Crippen MR) is 48.2 cm³/mol. The Hall–Kier alpha value is -0.570. The highest BCUT2D eigenvalue weighted by Gasteiger charge is 1.92. The van der Waals surface area contributed by atoms with Crippen LogP contribution in [-0.2, 0) is 11.3 Å². The molecule has 0 aliphatic carbocycles. The number of rotatable bonds is 4. The van der Waals surface area contributed by atoms with Crippen LogP contribution >= 0.6 is 11.6 Å². The summed E-state index contributed by atoms with van der Waals surface area (Å²) in [4.78, 5) is 0. The molecule has 0 heterocycles.